The van der Waals surface area contributed by atoms with E-state index in [-0.39, 0.29) is 0 Å². The van der Waals surface area contributed by atoms with Gasteiger partial charge in [-0.25, -0.2) is 9.59 Å². The molecule has 6 nitrogen and oxygen atoms in total. The molecule has 0 rings (SSSR count). The van der Waals surface area contributed by atoms with Gasteiger partial charge in [-0.15, -0.1) is 0 Å². The van der Waals surface area contributed by atoms with E-state index in [1.54, 1.807) is 27.7 Å². The highest BCUT2D eigenvalue weighted by Gasteiger charge is 2.28. The quantitative estimate of drug-likeness (QED) is 0.756. The smallest absolute Gasteiger partial charge is 0.408 e. The fraction of sp³-hybridized carbons (Fsp3) is 0.800. The lowest BCUT2D eigenvalue weighted by molar-refractivity contribution is -0.142. The molecule has 0 saturated heterocycles. The monoisotopic (exact) mass is 233 g/mol. The van der Waals surface area contributed by atoms with Gasteiger partial charge in [0, 0.05) is 7.11 Å². The second-order valence-electron chi connectivity index (χ2n) is 4.40. The van der Waals surface area contributed by atoms with Gasteiger partial charge in [-0.2, -0.15) is 0 Å². The minimum Gasteiger partial charge on any atom is -0.480 e. The summed E-state index contributed by atoms with van der Waals surface area (Å²) in [7, 11) is 1.37. The van der Waals surface area contributed by atoms with E-state index < -0.39 is 29.8 Å². The van der Waals surface area contributed by atoms with E-state index in [1.165, 1.54) is 7.11 Å². The molecule has 0 spiro atoms. The Balaban J connectivity index is 4.42. The van der Waals surface area contributed by atoms with Crippen molar-refractivity contribution < 1.29 is 24.2 Å². The molecule has 94 valence electrons. The van der Waals surface area contributed by atoms with Gasteiger partial charge < -0.3 is 19.9 Å². The van der Waals surface area contributed by atoms with Crippen molar-refractivity contribution >= 4 is 12.1 Å². The van der Waals surface area contributed by atoms with Crippen LogP contribution in [0.15, 0.2) is 0 Å². The Hall–Kier alpha value is -1.30. The first-order valence-electron chi connectivity index (χ1n) is 4.92. The molecule has 6 heteroatoms. The van der Waals surface area contributed by atoms with E-state index in [2.05, 4.69) is 5.32 Å². The minimum absolute atomic E-state index is 0.634. The van der Waals surface area contributed by atoms with Crippen LogP contribution in [0.1, 0.15) is 27.7 Å². The van der Waals surface area contributed by atoms with Crippen LogP contribution in [-0.4, -0.2) is 42.0 Å². The molecule has 0 heterocycles. The highest BCUT2D eigenvalue weighted by Crippen LogP contribution is 2.07. The summed E-state index contributed by atoms with van der Waals surface area (Å²) in [6, 6.07) is -1.13. The molecular weight excluding hydrogens is 214 g/mol. The Labute approximate surface area is 94.9 Å². The van der Waals surface area contributed by atoms with Crippen molar-refractivity contribution in [3.63, 3.8) is 0 Å². The van der Waals surface area contributed by atoms with Crippen molar-refractivity contribution in [2.45, 2.75) is 45.4 Å². The number of rotatable bonds is 4. The van der Waals surface area contributed by atoms with Crippen molar-refractivity contribution in [1.82, 2.24) is 5.32 Å². The van der Waals surface area contributed by atoms with Crippen LogP contribution in [0.4, 0.5) is 4.79 Å². The Morgan fingerprint density at radius 2 is 1.81 bits per heavy atom. The van der Waals surface area contributed by atoms with Crippen molar-refractivity contribution in [3.05, 3.63) is 0 Å². The number of hydrogen-bond donors (Lipinski definition) is 2. The number of carbonyl (C=O) groups excluding carboxylic acids is 1. The molecule has 0 aliphatic heterocycles. The molecule has 2 N–H and O–H groups in total. The molecule has 1 amide bonds. The summed E-state index contributed by atoms with van der Waals surface area (Å²) in [4.78, 5) is 22.2. The first-order valence-corrected chi connectivity index (χ1v) is 4.92. The van der Waals surface area contributed by atoms with Crippen LogP contribution >= 0.6 is 0 Å². The molecule has 0 aromatic carbocycles. The Kier molecular flexibility index (Phi) is 5.23. The Bertz CT molecular complexity index is 258. The molecule has 0 bridgehead atoms. The zero-order chi connectivity index (χ0) is 12.9. The number of carboxylic acid groups (broad SMARTS) is 1. The van der Waals surface area contributed by atoms with E-state index in [9.17, 15) is 9.59 Å². The summed E-state index contributed by atoms with van der Waals surface area (Å²) < 4.78 is 9.80. The van der Waals surface area contributed by atoms with Crippen molar-refractivity contribution in [2.24, 2.45) is 0 Å². The molecule has 16 heavy (non-hydrogen) atoms. The van der Waals surface area contributed by atoms with Gasteiger partial charge in [-0.1, -0.05) is 0 Å². The second kappa shape index (κ2) is 5.69. The maximum atomic E-state index is 11.3. The number of amides is 1. The largest absolute Gasteiger partial charge is 0.480 e. The molecule has 0 radical (unpaired) electrons. The fourth-order valence-electron chi connectivity index (χ4n) is 0.950. The average molecular weight is 233 g/mol. The molecule has 0 saturated carbocycles. The van der Waals surface area contributed by atoms with Gasteiger partial charge in [0.15, 0.2) is 6.04 Å². The number of alkyl carbamates (subject to hydrolysis) is 1. The molecule has 2 atom stereocenters. The highest BCUT2D eigenvalue weighted by molar-refractivity contribution is 5.80. The molecule has 0 aliphatic rings. The lowest BCUT2D eigenvalue weighted by Crippen LogP contribution is -2.49. The highest BCUT2D eigenvalue weighted by atomic mass is 16.6. The molecular formula is C10H19NO5. The van der Waals surface area contributed by atoms with Crippen molar-refractivity contribution in [1.29, 1.82) is 0 Å². The summed E-state index contributed by atoms with van der Waals surface area (Å²) in [5, 5.41) is 11.1. The Morgan fingerprint density at radius 3 is 2.12 bits per heavy atom. The summed E-state index contributed by atoms with van der Waals surface area (Å²) in [5.74, 6) is -1.17. The molecule has 0 aliphatic carbocycles. The first-order chi connectivity index (χ1) is 7.17. The summed E-state index contributed by atoms with van der Waals surface area (Å²) in [6.07, 6.45) is -1.41. The van der Waals surface area contributed by atoms with E-state index in [0.717, 1.165) is 0 Å². The number of methoxy groups -OCH3 is 1. The lowest BCUT2D eigenvalue weighted by Gasteiger charge is -2.24. The maximum absolute atomic E-state index is 11.3. The predicted octanol–water partition coefficient (Wildman–Crippen LogP) is 0.999. The topological polar surface area (TPSA) is 84.9 Å². The zero-order valence-corrected chi connectivity index (χ0v) is 10.2. The van der Waals surface area contributed by atoms with Crippen LogP contribution in [0, 0.1) is 0 Å². The van der Waals surface area contributed by atoms with E-state index in [0.29, 0.717) is 0 Å². The average Bonchev–Trinajstić information content (AvgIpc) is 2.09. The SMILES string of the molecule is COC(C)[C@H](NC(=O)OC(C)(C)C)C(=O)O. The summed E-state index contributed by atoms with van der Waals surface area (Å²) >= 11 is 0. The van der Waals surface area contributed by atoms with Gasteiger partial charge in [-0.3, -0.25) is 0 Å². The van der Waals surface area contributed by atoms with Gasteiger partial charge in [0.05, 0.1) is 6.10 Å². The van der Waals surface area contributed by atoms with Crippen LogP contribution in [0.5, 0.6) is 0 Å². The minimum atomic E-state index is -1.17. The fourth-order valence-corrected chi connectivity index (χ4v) is 0.950. The van der Waals surface area contributed by atoms with Crippen LogP contribution < -0.4 is 5.32 Å². The number of aliphatic carboxylic acids is 1. The third-order valence-electron chi connectivity index (χ3n) is 1.78. The third-order valence-corrected chi connectivity index (χ3v) is 1.78. The zero-order valence-electron chi connectivity index (χ0n) is 10.2. The predicted molar refractivity (Wildman–Crippen MR) is 57.3 cm³/mol. The van der Waals surface area contributed by atoms with Crippen LogP contribution in [0.2, 0.25) is 0 Å². The van der Waals surface area contributed by atoms with E-state index in [4.69, 9.17) is 14.6 Å². The number of carboxylic acids is 1. The number of carbonyl (C=O) groups is 2. The number of nitrogens with one attached hydrogen (secondary N) is 1. The second-order valence-corrected chi connectivity index (χ2v) is 4.40. The maximum Gasteiger partial charge on any atom is 0.408 e. The number of ether oxygens (including phenoxy) is 2. The molecule has 0 aromatic heterocycles. The third kappa shape index (κ3) is 5.55. The normalized spacial score (nSPS) is 15.1. The van der Waals surface area contributed by atoms with Crippen LogP contribution in [-0.2, 0) is 14.3 Å². The van der Waals surface area contributed by atoms with Crippen molar-refractivity contribution in [3.8, 4) is 0 Å². The summed E-state index contributed by atoms with van der Waals surface area (Å²) in [6.45, 7) is 6.64. The van der Waals surface area contributed by atoms with Gasteiger partial charge >= 0.3 is 12.1 Å². The standard InChI is InChI=1S/C10H19NO5/c1-6(15-5)7(8(12)13)11-9(14)16-10(2,3)4/h6-7H,1-5H3,(H,11,14)(H,12,13)/t6?,7-/m0/s1. The lowest BCUT2D eigenvalue weighted by atomic mass is 10.2. The van der Waals surface area contributed by atoms with Gasteiger partial charge in [0.25, 0.3) is 0 Å². The van der Waals surface area contributed by atoms with E-state index >= 15 is 0 Å². The van der Waals surface area contributed by atoms with Gasteiger partial charge in [0.2, 0.25) is 0 Å². The molecule has 0 aromatic rings. The Morgan fingerprint density at radius 1 is 1.31 bits per heavy atom. The van der Waals surface area contributed by atoms with Crippen molar-refractivity contribution in [2.75, 3.05) is 7.11 Å². The van der Waals surface area contributed by atoms with Gasteiger partial charge in [-0.05, 0) is 27.7 Å². The van der Waals surface area contributed by atoms with Crippen LogP contribution in [0.3, 0.4) is 0 Å². The van der Waals surface area contributed by atoms with Crippen LogP contribution in [0.25, 0.3) is 0 Å². The summed E-state index contributed by atoms with van der Waals surface area (Å²) in [5.41, 5.74) is -0.663. The number of hydrogen-bond acceptors (Lipinski definition) is 4. The first kappa shape index (κ1) is 14.7. The molecule has 0 fully saturated rings. The van der Waals surface area contributed by atoms with E-state index in [1.807, 2.05) is 0 Å². The van der Waals surface area contributed by atoms with Gasteiger partial charge in [0.1, 0.15) is 5.60 Å². The molecule has 1 unspecified atom stereocenters.